The summed E-state index contributed by atoms with van der Waals surface area (Å²) < 4.78 is 16.6. The second kappa shape index (κ2) is 9.81. The SMILES string of the molecule is COc1ccc(C(NC(=O)c2ccc(C(C)N3CCOCC3)o2)c2ccccc2)cc1. The van der Waals surface area contributed by atoms with Crippen LogP contribution in [0.4, 0.5) is 0 Å². The van der Waals surface area contributed by atoms with Crippen molar-refractivity contribution in [3.63, 3.8) is 0 Å². The van der Waals surface area contributed by atoms with Gasteiger partial charge in [-0.2, -0.15) is 0 Å². The summed E-state index contributed by atoms with van der Waals surface area (Å²) in [5.74, 6) is 1.62. The van der Waals surface area contributed by atoms with Gasteiger partial charge < -0.3 is 19.2 Å². The predicted molar refractivity (Wildman–Crippen MR) is 118 cm³/mol. The molecular weight excluding hydrogens is 392 g/mol. The smallest absolute Gasteiger partial charge is 0.287 e. The topological polar surface area (TPSA) is 63.9 Å². The molecule has 0 saturated carbocycles. The van der Waals surface area contributed by atoms with E-state index in [2.05, 4.69) is 17.1 Å². The molecule has 2 unspecified atom stereocenters. The number of furan rings is 1. The van der Waals surface area contributed by atoms with Gasteiger partial charge in [-0.15, -0.1) is 0 Å². The average Bonchev–Trinajstić information content (AvgIpc) is 3.34. The highest BCUT2D eigenvalue weighted by atomic mass is 16.5. The summed E-state index contributed by atoms with van der Waals surface area (Å²) in [4.78, 5) is 15.4. The first kappa shape index (κ1) is 21.2. The van der Waals surface area contributed by atoms with Crippen LogP contribution in [-0.4, -0.2) is 44.2 Å². The molecule has 0 radical (unpaired) electrons. The van der Waals surface area contributed by atoms with E-state index in [-0.39, 0.29) is 18.0 Å². The van der Waals surface area contributed by atoms with Gasteiger partial charge >= 0.3 is 0 Å². The molecule has 1 aromatic heterocycles. The number of nitrogens with one attached hydrogen (secondary N) is 1. The molecule has 1 aliphatic heterocycles. The van der Waals surface area contributed by atoms with Gasteiger partial charge in [0.2, 0.25) is 0 Å². The van der Waals surface area contributed by atoms with Crippen LogP contribution in [0.1, 0.15) is 46.4 Å². The van der Waals surface area contributed by atoms with Gasteiger partial charge in [0, 0.05) is 13.1 Å². The molecule has 2 heterocycles. The minimum Gasteiger partial charge on any atom is -0.497 e. The maximum absolute atomic E-state index is 13.1. The zero-order valence-electron chi connectivity index (χ0n) is 17.9. The van der Waals surface area contributed by atoms with Crippen LogP contribution in [0.25, 0.3) is 0 Å². The van der Waals surface area contributed by atoms with Crippen LogP contribution in [0.15, 0.2) is 71.1 Å². The predicted octanol–water partition coefficient (Wildman–Crippen LogP) is 4.20. The highest BCUT2D eigenvalue weighted by Crippen LogP contribution is 2.26. The Morgan fingerprint density at radius 1 is 0.968 bits per heavy atom. The van der Waals surface area contributed by atoms with Crippen molar-refractivity contribution in [2.45, 2.75) is 19.0 Å². The molecule has 6 nitrogen and oxygen atoms in total. The van der Waals surface area contributed by atoms with Crippen molar-refractivity contribution in [2.75, 3.05) is 33.4 Å². The van der Waals surface area contributed by atoms with Crippen LogP contribution in [-0.2, 0) is 4.74 Å². The molecule has 31 heavy (non-hydrogen) atoms. The van der Waals surface area contributed by atoms with E-state index in [1.54, 1.807) is 13.2 Å². The summed E-state index contributed by atoms with van der Waals surface area (Å²) in [7, 11) is 1.64. The fourth-order valence-electron chi connectivity index (χ4n) is 3.85. The van der Waals surface area contributed by atoms with Gasteiger partial charge in [-0.1, -0.05) is 42.5 Å². The van der Waals surface area contributed by atoms with Crippen LogP contribution < -0.4 is 10.1 Å². The summed E-state index contributed by atoms with van der Waals surface area (Å²) in [5, 5.41) is 3.13. The van der Waals surface area contributed by atoms with Crippen LogP contribution in [0.5, 0.6) is 5.75 Å². The summed E-state index contributed by atoms with van der Waals surface area (Å²) in [6, 6.07) is 21.0. The molecule has 1 N–H and O–H groups in total. The van der Waals surface area contributed by atoms with Crippen molar-refractivity contribution in [2.24, 2.45) is 0 Å². The Morgan fingerprint density at radius 3 is 2.32 bits per heavy atom. The minimum absolute atomic E-state index is 0.0944. The van der Waals surface area contributed by atoms with Crippen molar-refractivity contribution < 1.29 is 18.7 Å². The molecule has 1 saturated heterocycles. The maximum atomic E-state index is 13.1. The van der Waals surface area contributed by atoms with Gasteiger partial charge in [-0.05, 0) is 42.3 Å². The third kappa shape index (κ3) is 4.98. The summed E-state index contributed by atoms with van der Waals surface area (Å²) in [6.45, 7) is 5.25. The van der Waals surface area contributed by atoms with Gasteiger partial charge in [0.05, 0.1) is 32.4 Å². The molecule has 0 spiro atoms. The number of rotatable bonds is 7. The Morgan fingerprint density at radius 2 is 1.65 bits per heavy atom. The normalized spacial score (nSPS) is 16.5. The number of methoxy groups -OCH3 is 1. The van der Waals surface area contributed by atoms with Crippen LogP contribution in [0.3, 0.4) is 0 Å². The largest absolute Gasteiger partial charge is 0.497 e. The summed E-state index contributed by atoms with van der Waals surface area (Å²) >= 11 is 0. The standard InChI is InChI=1S/C25H28N2O4/c1-18(27-14-16-30-17-15-27)22-12-13-23(31-22)25(28)26-24(19-6-4-3-5-7-19)20-8-10-21(29-2)11-9-20/h3-13,18,24H,14-17H2,1-2H3,(H,26,28). The van der Waals surface area contributed by atoms with Crippen LogP contribution >= 0.6 is 0 Å². The Labute approximate surface area is 182 Å². The molecule has 4 rings (SSSR count). The Bertz CT molecular complexity index is 978. The second-order valence-corrected chi connectivity index (χ2v) is 7.62. The van der Waals surface area contributed by atoms with E-state index in [4.69, 9.17) is 13.9 Å². The number of ether oxygens (including phenoxy) is 2. The zero-order chi connectivity index (χ0) is 21.6. The first-order chi connectivity index (χ1) is 15.2. The lowest BCUT2D eigenvalue weighted by molar-refractivity contribution is 0.0155. The van der Waals surface area contributed by atoms with Crippen LogP contribution in [0, 0.1) is 0 Å². The molecule has 6 heteroatoms. The van der Waals surface area contributed by atoms with E-state index in [9.17, 15) is 4.79 Å². The van der Waals surface area contributed by atoms with Gasteiger partial charge in [0.1, 0.15) is 11.5 Å². The van der Waals surface area contributed by atoms with Gasteiger partial charge in [-0.3, -0.25) is 9.69 Å². The lowest BCUT2D eigenvalue weighted by Gasteiger charge is -2.31. The molecule has 2 aromatic carbocycles. The number of amides is 1. The Hall–Kier alpha value is -3.09. The van der Waals surface area contributed by atoms with E-state index >= 15 is 0 Å². The third-order valence-corrected chi connectivity index (χ3v) is 5.71. The lowest BCUT2D eigenvalue weighted by atomic mass is 9.98. The number of hydrogen-bond acceptors (Lipinski definition) is 5. The number of carbonyl (C=O) groups excluding carboxylic acids is 1. The molecule has 2 atom stereocenters. The first-order valence-electron chi connectivity index (χ1n) is 10.6. The molecule has 1 aliphatic rings. The first-order valence-corrected chi connectivity index (χ1v) is 10.6. The van der Waals surface area contributed by atoms with Crippen molar-refractivity contribution >= 4 is 5.91 Å². The van der Waals surface area contributed by atoms with Crippen molar-refractivity contribution in [1.82, 2.24) is 10.2 Å². The molecule has 0 aliphatic carbocycles. The minimum atomic E-state index is -0.301. The van der Waals surface area contributed by atoms with E-state index in [0.717, 1.165) is 48.9 Å². The second-order valence-electron chi connectivity index (χ2n) is 7.62. The number of benzene rings is 2. The molecule has 0 bridgehead atoms. The monoisotopic (exact) mass is 420 g/mol. The number of nitrogens with zero attached hydrogens (tertiary/aromatic N) is 1. The lowest BCUT2D eigenvalue weighted by Crippen LogP contribution is -2.37. The number of hydrogen-bond donors (Lipinski definition) is 1. The van der Waals surface area contributed by atoms with Gasteiger partial charge in [0.25, 0.3) is 5.91 Å². The van der Waals surface area contributed by atoms with Crippen molar-refractivity contribution in [1.29, 1.82) is 0 Å². The Kier molecular flexibility index (Phi) is 6.70. The number of morpholine rings is 1. The zero-order valence-corrected chi connectivity index (χ0v) is 17.9. The highest BCUT2D eigenvalue weighted by Gasteiger charge is 2.24. The fourth-order valence-corrected chi connectivity index (χ4v) is 3.85. The summed E-state index contributed by atoms with van der Waals surface area (Å²) in [6.07, 6.45) is 0. The molecule has 1 amide bonds. The third-order valence-electron chi connectivity index (χ3n) is 5.71. The van der Waals surface area contributed by atoms with E-state index < -0.39 is 0 Å². The number of carbonyl (C=O) groups is 1. The molecule has 3 aromatic rings. The van der Waals surface area contributed by atoms with Crippen molar-refractivity contribution in [3.8, 4) is 5.75 Å². The fraction of sp³-hybridized carbons (Fsp3) is 0.320. The summed E-state index contributed by atoms with van der Waals surface area (Å²) in [5.41, 5.74) is 1.96. The molecule has 162 valence electrons. The maximum Gasteiger partial charge on any atom is 0.287 e. The van der Waals surface area contributed by atoms with Gasteiger partial charge in [0.15, 0.2) is 5.76 Å². The van der Waals surface area contributed by atoms with E-state index in [1.165, 1.54) is 0 Å². The molecular formula is C25H28N2O4. The van der Waals surface area contributed by atoms with Crippen LogP contribution in [0.2, 0.25) is 0 Å². The highest BCUT2D eigenvalue weighted by molar-refractivity contribution is 5.92. The quantitative estimate of drug-likeness (QED) is 0.621. The molecule has 1 fully saturated rings. The van der Waals surface area contributed by atoms with E-state index in [0.29, 0.717) is 5.76 Å². The average molecular weight is 421 g/mol. The van der Waals surface area contributed by atoms with Gasteiger partial charge in [-0.25, -0.2) is 0 Å². The Balaban J connectivity index is 1.53. The van der Waals surface area contributed by atoms with E-state index in [1.807, 2.05) is 60.7 Å². The van der Waals surface area contributed by atoms with Crippen molar-refractivity contribution in [3.05, 3.63) is 89.4 Å².